The number of hydrogen-bond donors (Lipinski definition) is 2. The number of hydrogen-bond acceptors (Lipinski definition) is 4. The van der Waals surface area contributed by atoms with E-state index in [4.69, 9.17) is 8.42 Å². The Morgan fingerprint density at radius 3 is 1.28 bits per heavy atom. The maximum absolute atomic E-state index is 9.16. The molecular formula is C20H14Cl2N4O2S. The molecule has 0 unspecified atom stereocenters. The van der Waals surface area contributed by atoms with Crippen LogP contribution in [0.15, 0.2) is 48.5 Å². The second kappa shape index (κ2) is 7.87. The van der Waals surface area contributed by atoms with Gasteiger partial charge in [0.25, 0.3) is 0 Å². The molecule has 5 heterocycles. The molecular weight excluding hydrogens is 431 g/mol. The minimum Gasteiger partial charge on any atom is -0.355 e. The summed E-state index contributed by atoms with van der Waals surface area (Å²) >= 11 is 0. The van der Waals surface area contributed by atoms with E-state index in [2.05, 4.69) is 71.6 Å². The maximum atomic E-state index is 9.16. The van der Waals surface area contributed by atoms with E-state index < -0.39 is 8.26 Å². The van der Waals surface area contributed by atoms with Gasteiger partial charge in [0, 0.05) is 43.4 Å². The fraction of sp³-hybridized carbons (Fsp3) is 0. The molecule has 2 N–H and O–H groups in total. The van der Waals surface area contributed by atoms with E-state index in [0.29, 0.717) is 0 Å². The van der Waals surface area contributed by atoms with Crippen molar-refractivity contribution in [3.05, 3.63) is 71.3 Å². The number of rotatable bonds is 0. The first-order chi connectivity index (χ1) is 13.8. The Hall–Kier alpha value is -2.87. The normalized spacial score (nSPS) is 12.5. The smallest absolute Gasteiger partial charge is 0.317 e. The highest BCUT2D eigenvalue weighted by atomic mass is 36.0. The zero-order chi connectivity index (χ0) is 20.4. The summed E-state index contributed by atoms with van der Waals surface area (Å²) in [4.78, 5) is 16.0. The van der Waals surface area contributed by atoms with Gasteiger partial charge in [0.15, 0.2) is 0 Å². The number of halogens is 2. The lowest BCUT2D eigenvalue weighted by molar-refractivity contribution is 0.621. The van der Waals surface area contributed by atoms with Crippen LogP contribution in [0.4, 0.5) is 0 Å². The van der Waals surface area contributed by atoms with Crippen molar-refractivity contribution in [2.45, 2.75) is 0 Å². The van der Waals surface area contributed by atoms with E-state index in [1.54, 1.807) is 0 Å². The zero-order valence-electron chi connectivity index (χ0n) is 14.8. The molecule has 0 saturated heterocycles. The van der Waals surface area contributed by atoms with Crippen molar-refractivity contribution in [1.82, 2.24) is 19.9 Å². The molecule has 0 saturated carbocycles. The largest absolute Gasteiger partial charge is 0.355 e. The standard InChI is InChI=1S/C20H14N4.Cl2O2S/c1-2-14-10-16-5-6-18(23-16)12-20-8-7-19(24-20)11-17-4-3-15(22-17)9-13(1)21-14;1-5(2,3)4/h1-12,21-22H;. The molecule has 5 rings (SSSR count). The van der Waals surface area contributed by atoms with Gasteiger partial charge in [-0.05, 0) is 72.8 Å². The van der Waals surface area contributed by atoms with Gasteiger partial charge in [-0.3, -0.25) is 0 Å². The lowest BCUT2D eigenvalue weighted by Gasteiger charge is -1.86. The molecule has 9 heteroatoms. The van der Waals surface area contributed by atoms with Gasteiger partial charge in [-0.2, -0.15) is 8.42 Å². The van der Waals surface area contributed by atoms with Gasteiger partial charge in [-0.25, -0.2) is 9.97 Å². The molecule has 0 aromatic carbocycles. The molecule has 6 nitrogen and oxygen atoms in total. The predicted octanol–water partition coefficient (Wildman–Crippen LogP) is 5.36. The summed E-state index contributed by atoms with van der Waals surface area (Å²) in [6, 6.07) is 16.4. The molecule has 0 amide bonds. The van der Waals surface area contributed by atoms with Gasteiger partial charge in [0.1, 0.15) is 0 Å². The van der Waals surface area contributed by atoms with E-state index in [1.165, 1.54) is 0 Å². The average Bonchev–Trinajstić information content (AvgIpc) is 3.38. The van der Waals surface area contributed by atoms with Crippen LogP contribution < -0.4 is 0 Å². The van der Waals surface area contributed by atoms with Gasteiger partial charge >= 0.3 is 8.26 Å². The van der Waals surface area contributed by atoms with Crippen LogP contribution in [-0.2, 0) is 8.26 Å². The van der Waals surface area contributed by atoms with Crippen LogP contribution in [0, 0.1) is 0 Å². The third-order valence-electron chi connectivity index (χ3n) is 4.04. The fourth-order valence-corrected chi connectivity index (χ4v) is 2.94. The Bertz CT molecular complexity index is 1310. The number of H-pyrrole nitrogens is 2. The SMILES string of the molecule is C1=Cc2cc3ccc(cc4ccc(cc5nc(cc1n2)C=C5)[nH]4)[nH]3.O=S(=O)(Cl)Cl. The van der Waals surface area contributed by atoms with Crippen molar-refractivity contribution in [1.29, 1.82) is 0 Å². The van der Waals surface area contributed by atoms with Gasteiger partial charge in [-0.1, -0.05) is 0 Å². The lowest BCUT2D eigenvalue weighted by Crippen LogP contribution is -1.77. The summed E-state index contributed by atoms with van der Waals surface area (Å²) in [7, 11) is 4.81. The first-order valence-electron chi connectivity index (χ1n) is 8.49. The molecule has 0 atom stereocenters. The van der Waals surface area contributed by atoms with Crippen LogP contribution in [0.2, 0.25) is 0 Å². The highest BCUT2D eigenvalue weighted by Crippen LogP contribution is 2.17. The fourth-order valence-electron chi connectivity index (χ4n) is 2.94. The Labute approximate surface area is 175 Å². The van der Waals surface area contributed by atoms with Crippen molar-refractivity contribution in [2.24, 2.45) is 0 Å². The predicted molar refractivity (Wildman–Crippen MR) is 119 cm³/mol. The van der Waals surface area contributed by atoms with E-state index in [9.17, 15) is 0 Å². The molecule has 8 bridgehead atoms. The van der Waals surface area contributed by atoms with E-state index in [1.807, 2.05) is 42.5 Å². The monoisotopic (exact) mass is 444 g/mol. The molecule has 0 radical (unpaired) electrons. The molecule has 2 aliphatic heterocycles. The Kier molecular flexibility index (Phi) is 5.27. The van der Waals surface area contributed by atoms with E-state index >= 15 is 0 Å². The van der Waals surface area contributed by atoms with Crippen molar-refractivity contribution in [3.63, 3.8) is 0 Å². The highest BCUT2D eigenvalue weighted by Gasteiger charge is 2.02. The second-order valence-corrected chi connectivity index (χ2v) is 9.95. The summed E-state index contributed by atoms with van der Waals surface area (Å²) < 4.78 is 18.3. The molecule has 0 spiro atoms. The van der Waals surface area contributed by atoms with Gasteiger partial charge in [-0.15, -0.1) is 0 Å². The number of nitrogens with one attached hydrogen (secondary N) is 2. The minimum absolute atomic E-state index is 0.915. The average molecular weight is 445 g/mol. The van der Waals surface area contributed by atoms with E-state index in [0.717, 1.165) is 44.8 Å². The molecule has 3 aromatic rings. The van der Waals surface area contributed by atoms with Crippen molar-refractivity contribution >= 4 is 76.0 Å². The summed E-state index contributed by atoms with van der Waals surface area (Å²) in [5.74, 6) is 0. The summed E-state index contributed by atoms with van der Waals surface area (Å²) in [5, 5.41) is 0. The third kappa shape index (κ3) is 5.57. The first-order valence-corrected chi connectivity index (χ1v) is 11.6. The van der Waals surface area contributed by atoms with Crippen molar-refractivity contribution in [3.8, 4) is 0 Å². The van der Waals surface area contributed by atoms with E-state index in [-0.39, 0.29) is 0 Å². The summed E-state index contributed by atoms with van der Waals surface area (Å²) in [6.45, 7) is 0. The summed E-state index contributed by atoms with van der Waals surface area (Å²) in [5.41, 5.74) is 7.86. The van der Waals surface area contributed by atoms with Crippen LogP contribution in [0.1, 0.15) is 22.8 Å². The van der Waals surface area contributed by atoms with Crippen LogP contribution in [0.5, 0.6) is 0 Å². The number of aromatic amines is 2. The Balaban J connectivity index is 0.000000369. The zero-order valence-corrected chi connectivity index (χ0v) is 17.1. The molecule has 146 valence electrons. The Morgan fingerprint density at radius 2 is 0.897 bits per heavy atom. The first kappa shape index (κ1) is 19.4. The molecule has 0 fully saturated rings. The van der Waals surface area contributed by atoms with Gasteiger partial charge < -0.3 is 9.97 Å². The quantitative estimate of drug-likeness (QED) is 0.314. The molecule has 3 aromatic heterocycles. The third-order valence-corrected chi connectivity index (χ3v) is 4.04. The molecule has 29 heavy (non-hydrogen) atoms. The van der Waals surface area contributed by atoms with Gasteiger partial charge in [0.2, 0.25) is 0 Å². The van der Waals surface area contributed by atoms with Crippen LogP contribution in [-0.4, -0.2) is 28.4 Å². The maximum Gasteiger partial charge on any atom is 0.317 e. The minimum atomic E-state index is -3.72. The topological polar surface area (TPSA) is 91.5 Å². The highest BCUT2D eigenvalue weighted by molar-refractivity contribution is 8.31. The Morgan fingerprint density at radius 1 is 0.586 bits per heavy atom. The van der Waals surface area contributed by atoms with Gasteiger partial charge in [0.05, 0.1) is 22.8 Å². The summed E-state index contributed by atoms with van der Waals surface area (Å²) in [6.07, 6.45) is 8.05. The molecule has 2 aliphatic rings. The van der Waals surface area contributed by atoms with Crippen molar-refractivity contribution < 1.29 is 8.42 Å². The van der Waals surface area contributed by atoms with Crippen molar-refractivity contribution in [2.75, 3.05) is 0 Å². The van der Waals surface area contributed by atoms with Crippen LogP contribution >= 0.6 is 21.4 Å². The number of fused-ring (bicyclic) bond motifs is 8. The number of nitrogens with zero attached hydrogens (tertiary/aromatic N) is 2. The van der Waals surface area contributed by atoms with Crippen LogP contribution in [0.25, 0.3) is 46.4 Å². The molecule has 0 aliphatic carbocycles. The van der Waals surface area contributed by atoms with Crippen LogP contribution in [0.3, 0.4) is 0 Å². The number of aromatic nitrogens is 4. The second-order valence-electron chi connectivity index (χ2n) is 6.28. The lowest BCUT2D eigenvalue weighted by atomic mass is 10.3.